The second-order valence-corrected chi connectivity index (χ2v) is 5.59. The fourth-order valence-corrected chi connectivity index (χ4v) is 2.26. The maximum absolute atomic E-state index is 12.2. The lowest BCUT2D eigenvalue weighted by Gasteiger charge is -2.49. The largest absolute Gasteiger partial charge is 0.497 e. The van der Waals surface area contributed by atoms with E-state index in [9.17, 15) is 9.90 Å². The van der Waals surface area contributed by atoms with Crippen molar-refractivity contribution in [2.75, 3.05) is 12.8 Å². The minimum atomic E-state index is -0.367. The molecule has 1 aliphatic rings. The zero-order chi connectivity index (χ0) is 14.2. The van der Waals surface area contributed by atoms with E-state index in [1.807, 2.05) is 13.8 Å². The van der Waals surface area contributed by atoms with Crippen LogP contribution in [0.15, 0.2) is 18.2 Å². The van der Waals surface area contributed by atoms with Crippen LogP contribution in [0.1, 0.15) is 30.6 Å². The van der Waals surface area contributed by atoms with Gasteiger partial charge in [0.05, 0.1) is 13.2 Å². The molecule has 0 bridgehead atoms. The number of nitrogen functional groups attached to an aromatic ring is 1. The van der Waals surface area contributed by atoms with Crippen molar-refractivity contribution < 1.29 is 14.6 Å². The lowest BCUT2D eigenvalue weighted by atomic mass is 9.64. The summed E-state index contributed by atoms with van der Waals surface area (Å²) in [5.74, 6) is 0.355. The Bertz CT molecular complexity index is 499. The Morgan fingerprint density at radius 3 is 2.68 bits per heavy atom. The molecule has 2 unspecified atom stereocenters. The topological polar surface area (TPSA) is 84.6 Å². The van der Waals surface area contributed by atoms with Gasteiger partial charge in [-0.05, 0) is 18.6 Å². The summed E-state index contributed by atoms with van der Waals surface area (Å²) in [7, 11) is 1.53. The third kappa shape index (κ3) is 2.51. The first-order chi connectivity index (χ1) is 8.84. The van der Waals surface area contributed by atoms with Crippen molar-refractivity contribution in [3.8, 4) is 5.75 Å². The molecule has 1 fully saturated rings. The van der Waals surface area contributed by atoms with E-state index in [0.717, 1.165) is 0 Å². The molecule has 2 rings (SSSR count). The van der Waals surface area contributed by atoms with Gasteiger partial charge in [0.15, 0.2) is 0 Å². The third-order valence-electron chi connectivity index (χ3n) is 3.95. The molecule has 19 heavy (non-hydrogen) atoms. The average molecular weight is 264 g/mol. The van der Waals surface area contributed by atoms with Crippen LogP contribution in [0.2, 0.25) is 0 Å². The SMILES string of the molecule is COc1cc(N)cc(C(=O)NC2CC(O)C2(C)C)c1. The van der Waals surface area contributed by atoms with E-state index in [1.165, 1.54) is 7.11 Å². The molecular formula is C14H20N2O3. The summed E-state index contributed by atoms with van der Waals surface area (Å²) in [6.07, 6.45) is 0.214. The molecule has 5 heteroatoms. The standard InChI is InChI=1S/C14H20N2O3/c1-14(2)11(7-12(14)17)16-13(18)8-4-9(15)6-10(5-8)19-3/h4-6,11-12,17H,7,15H2,1-3H3,(H,16,18). The quantitative estimate of drug-likeness (QED) is 0.715. The molecule has 1 aliphatic carbocycles. The molecule has 1 amide bonds. The van der Waals surface area contributed by atoms with Gasteiger partial charge >= 0.3 is 0 Å². The summed E-state index contributed by atoms with van der Waals surface area (Å²) in [6.45, 7) is 3.87. The average Bonchev–Trinajstić information content (AvgIpc) is 2.37. The van der Waals surface area contributed by atoms with Crippen LogP contribution < -0.4 is 15.8 Å². The van der Waals surface area contributed by atoms with E-state index >= 15 is 0 Å². The Labute approximate surface area is 112 Å². The molecule has 1 aromatic rings. The van der Waals surface area contributed by atoms with Gasteiger partial charge in [0.2, 0.25) is 0 Å². The monoisotopic (exact) mass is 264 g/mol. The number of anilines is 1. The Hall–Kier alpha value is -1.75. The minimum absolute atomic E-state index is 0.0255. The summed E-state index contributed by atoms with van der Waals surface area (Å²) in [6, 6.07) is 4.89. The summed E-state index contributed by atoms with van der Waals surface area (Å²) in [5, 5.41) is 12.6. The van der Waals surface area contributed by atoms with Gasteiger partial charge in [-0.3, -0.25) is 4.79 Å². The maximum atomic E-state index is 12.2. The Morgan fingerprint density at radius 2 is 2.16 bits per heavy atom. The zero-order valence-corrected chi connectivity index (χ0v) is 11.4. The summed E-state index contributed by atoms with van der Waals surface area (Å²) < 4.78 is 5.09. The minimum Gasteiger partial charge on any atom is -0.497 e. The highest BCUT2D eigenvalue weighted by molar-refractivity contribution is 5.95. The third-order valence-corrected chi connectivity index (χ3v) is 3.95. The van der Waals surface area contributed by atoms with E-state index in [2.05, 4.69) is 5.32 Å². The molecule has 2 atom stereocenters. The molecule has 0 saturated heterocycles. The highest BCUT2D eigenvalue weighted by Gasteiger charge is 2.47. The molecule has 0 heterocycles. The number of benzene rings is 1. The molecule has 0 radical (unpaired) electrons. The lowest BCUT2D eigenvalue weighted by Crippen LogP contribution is -2.61. The van der Waals surface area contributed by atoms with Gasteiger partial charge < -0.3 is 20.9 Å². The van der Waals surface area contributed by atoms with Gasteiger partial charge in [-0.15, -0.1) is 0 Å². The highest BCUT2D eigenvalue weighted by atomic mass is 16.5. The number of rotatable bonds is 3. The summed E-state index contributed by atoms with van der Waals surface area (Å²) >= 11 is 0. The van der Waals surface area contributed by atoms with Gasteiger partial charge in [-0.1, -0.05) is 13.8 Å². The van der Waals surface area contributed by atoms with Gasteiger partial charge in [0.25, 0.3) is 5.91 Å². The molecule has 4 N–H and O–H groups in total. The second-order valence-electron chi connectivity index (χ2n) is 5.59. The first-order valence-corrected chi connectivity index (χ1v) is 6.28. The van der Waals surface area contributed by atoms with E-state index in [1.54, 1.807) is 18.2 Å². The van der Waals surface area contributed by atoms with Gasteiger partial charge in [0.1, 0.15) is 5.75 Å². The number of carbonyl (C=O) groups is 1. The van der Waals surface area contributed by atoms with E-state index in [0.29, 0.717) is 23.4 Å². The van der Waals surface area contributed by atoms with Crippen LogP contribution in [0.5, 0.6) is 5.75 Å². The fraction of sp³-hybridized carbons (Fsp3) is 0.500. The van der Waals surface area contributed by atoms with Gasteiger partial charge in [-0.25, -0.2) is 0 Å². The molecule has 0 spiro atoms. The number of methoxy groups -OCH3 is 1. The Morgan fingerprint density at radius 1 is 1.47 bits per heavy atom. The fourth-order valence-electron chi connectivity index (χ4n) is 2.26. The molecular weight excluding hydrogens is 244 g/mol. The number of aliphatic hydroxyl groups excluding tert-OH is 1. The number of amides is 1. The normalized spacial score (nSPS) is 24.4. The predicted octanol–water partition coefficient (Wildman–Crippen LogP) is 1.17. The van der Waals surface area contributed by atoms with Gasteiger partial charge in [-0.2, -0.15) is 0 Å². The van der Waals surface area contributed by atoms with Crippen LogP contribution in [-0.4, -0.2) is 30.3 Å². The van der Waals surface area contributed by atoms with Crippen molar-refractivity contribution in [3.63, 3.8) is 0 Å². The van der Waals surface area contributed by atoms with E-state index in [4.69, 9.17) is 10.5 Å². The first kappa shape index (κ1) is 13.7. The van der Waals surface area contributed by atoms with Crippen molar-refractivity contribution in [1.29, 1.82) is 0 Å². The number of aliphatic hydroxyl groups is 1. The van der Waals surface area contributed by atoms with Crippen LogP contribution in [0, 0.1) is 5.41 Å². The summed E-state index contributed by atoms with van der Waals surface area (Å²) in [5.41, 5.74) is 6.38. The van der Waals surface area contributed by atoms with E-state index < -0.39 is 0 Å². The number of hydrogen-bond donors (Lipinski definition) is 3. The molecule has 1 saturated carbocycles. The van der Waals surface area contributed by atoms with Crippen LogP contribution in [0.3, 0.4) is 0 Å². The summed E-state index contributed by atoms with van der Waals surface area (Å²) in [4.78, 5) is 12.2. The Balaban J connectivity index is 2.11. The maximum Gasteiger partial charge on any atom is 0.251 e. The van der Waals surface area contributed by atoms with Crippen molar-refractivity contribution in [1.82, 2.24) is 5.32 Å². The van der Waals surface area contributed by atoms with Gasteiger partial charge in [0, 0.05) is 28.8 Å². The number of nitrogens with one attached hydrogen (secondary N) is 1. The number of nitrogens with two attached hydrogens (primary N) is 1. The molecule has 0 aliphatic heterocycles. The van der Waals surface area contributed by atoms with E-state index in [-0.39, 0.29) is 23.5 Å². The molecule has 104 valence electrons. The zero-order valence-electron chi connectivity index (χ0n) is 11.4. The lowest BCUT2D eigenvalue weighted by molar-refractivity contribution is -0.0689. The van der Waals surface area contributed by atoms with Crippen molar-refractivity contribution >= 4 is 11.6 Å². The number of ether oxygens (including phenoxy) is 1. The highest BCUT2D eigenvalue weighted by Crippen LogP contribution is 2.40. The second kappa shape index (κ2) is 4.74. The molecule has 0 aromatic heterocycles. The van der Waals surface area contributed by atoms with Crippen LogP contribution in [0.25, 0.3) is 0 Å². The predicted molar refractivity (Wildman–Crippen MR) is 73.1 cm³/mol. The molecule has 1 aromatic carbocycles. The smallest absolute Gasteiger partial charge is 0.251 e. The number of carbonyl (C=O) groups excluding carboxylic acids is 1. The Kier molecular flexibility index (Phi) is 3.41. The first-order valence-electron chi connectivity index (χ1n) is 6.28. The van der Waals surface area contributed by atoms with Crippen molar-refractivity contribution in [2.45, 2.75) is 32.4 Å². The van der Waals surface area contributed by atoms with Crippen LogP contribution in [-0.2, 0) is 0 Å². The van der Waals surface area contributed by atoms with Crippen molar-refractivity contribution in [3.05, 3.63) is 23.8 Å². The number of hydrogen-bond acceptors (Lipinski definition) is 4. The van der Waals surface area contributed by atoms with Crippen molar-refractivity contribution in [2.24, 2.45) is 5.41 Å². The van der Waals surface area contributed by atoms with Crippen LogP contribution in [0.4, 0.5) is 5.69 Å². The molecule has 5 nitrogen and oxygen atoms in total. The van der Waals surface area contributed by atoms with Crippen LogP contribution >= 0.6 is 0 Å².